The van der Waals surface area contributed by atoms with Gasteiger partial charge in [-0.3, -0.25) is 9.78 Å². The van der Waals surface area contributed by atoms with Crippen molar-refractivity contribution in [2.75, 3.05) is 6.61 Å². The molecule has 1 saturated carbocycles. The highest BCUT2D eigenvalue weighted by Crippen LogP contribution is 2.47. The van der Waals surface area contributed by atoms with Gasteiger partial charge in [0.05, 0.1) is 17.9 Å². The number of carbonyl (C=O) groups excluding carboxylic acids is 1. The molecule has 3 atom stereocenters. The van der Waals surface area contributed by atoms with Crippen LogP contribution in [0.5, 0.6) is 5.75 Å². The van der Waals surface area contributed by atoms with Crippen LogP contribution in [0, 0.1) is 12.8 Å². The molecule has 1 fully saturated rings. The average molecular weight is 378 g/mol. The van der Waals surface area contributed by atoms with Crippen LogP contribution in [0.15, 0.2) is 42.6 Å². The number of nitrogens with zero attached hydrogens (tertiary/aromatic N) is 1. The van der Waals surface area contributed by atoms with Crippen molar-refractivity contribution in [2.24, 2.45) is 5.92 Å². The second-order valence-electron chi connectivity index (χ2n) is 6.92. The number of benzene rings is 1. The van der Waals surface area contributed by atoms with Crippen LogP contribution in [-0.2, 0) is 4.79 Å². The maximum Gasteiger partial charge on any atom is 0.422 e. The van der Waals surface area contributed by atoms with E-state index in [1.807, 2.05) is 25.1 Å². The Balaban J connectivity index is 1.53. The third-order valence-corrected chi connectivity index (χ3v) is 4.56. The molecule has 144 valence electrons. The summed E-state index contributed by atoms with van der Waals surface area (Å²) in [5.74, 6) is 0.191. The monoisotopic (exact) mass is 378 g/mol. The number of amides is 1. The van der Waals surface area contributed by atoms with Gasteiger partial charge in [-0.2, -0.15) is 13.2 Å². The minimum atomic E-state index is -4.39. The zero-order chi connectivity index (χ0) is 19.6. The van der Waals surface area contributed by atoms with Crippen LogP contribution in [0.2, 0.25) is 0 Å². The lowest BCUT2D eigenvalue weighted by Gasteiger charge is -2.14. The predicted octanol–water partition coefficient (Wildman–Crippen LogP) is 4.31. The van der Waals surface area contributed by atoms with Crippen LogP contribution in [0.4, 0.5) is 13.2 Å². The number of hydrogen-bond donors (Lipinski definition) is 1. The summed E-state index contributed by atoms with van der Waals surface area (Å²) >= 11 is 0. The SMILES string of the molecule is Cc1cccc([C@@H]2C[C@H]2C(=O)NC(C)c2ccc(OCC(F)(F)F)cn2)c1. The van der Waals surface area contributed by atoms with Crippen molar-refractivity contribution in [1.29, 1.82) is 0 Å². The molecule has 4 nitrogen and oxygen atoms in total. The minimum absolute atomic E-state index is 0.0341. The lowest BCUT2D eigenvalue weighted by atomic mass is 10.1. The van der Waals surface area contributed by atoms with Gasteiger partial charge in [0.2, 0.25) is 5.91 Å². The van der Waals surface area contributed by atoms with Gasteiger partial charge in [-0.05, 0) is 43.9 Å². The fourth-order valence-corrected chi connectivity index (χ4v) is 3.05. The van der Waals surface area contributed by atoms with Crippen LogP contribution in [0.1, 0.15) is 42.1 Å². The summed E-state index contributed by atoms with van der Waals surface area (Å²) in [6, 6.07) is 10.8. The average Bonchev–Trinajstić information content (AvgIpc) is 3.41. The topological polar surface area (TPSA) is 51.2 Å². The maximum atomic E-state index is 12.4. The fourth-order valence-electron chi connectivity index (χ4n) is 3.05. The molecule has 1 unspecified atom stereocenters. The highest BCUT2D eigenvalue weighted by atomic mass is 19.4. The maximum absolute atomic E-state index is 12.4. The van der Waals surface area contributed by atoms with Gasteiger partial charge in [-0.15, -0.1) is 0 Å². The smallest absolute Gasteiger partial charge is 0.422 e. The molecule has 2 aromatic rings. The lowest BCUT2D eigenvalue weighted by molar-refractivity contribution is -0.153. The molecule has 7 heteroatoms. The van der Waals surface area contributed by atoms with Gasteiger partial charge in [0.1, 0.15) is 5.75 Å². The van der Waals surface area contributed by atoms with Crippen LogP contribution in [-0.4, -0.2) is 23.7 Å². The number of alkyl halides is 3. The summed E-state index contributed by atoms with van der Waals surface area (Å²) in [5, 5.41) is 2.93. The Kier molecular flexibility index (Phi) is 5.39. The Hall–Kier alpha value is -2.57. The number of aromatic nitrogens is 1. The number of aryl methyl sites for hydroxylation is 1. The van der Waals surface area contributed by atoms with Crippen LogP contribution in [0.3, 0.4) is 0 Å². The quantitative estimate of drug-likeness (QED) is 0.815. The number of pyridine rings is 1. The molecule has 1 aromatic carbocycles. The van der Waals surface area contributed by atoms with Gasteiger partial charge in [0.15, 0.2) is 6.61 Å². The number of halogens is 3. The first-order valence-electron chi connectivity index (χ1n) is 8.75. The van der Waals surface area contributed by atoms with E-state index in [4.69, 9.17) is 0 Å². The van der Waals surface area contributed by atoms with Crippen molar-refractivity contribution in [3.8, 4) is 5.75 Å². The first kappa shape index (κ1) is 19.2. The summed E-state index contributed by atoms with van der Waals surface area (Å²) in [5.41, 5.74) is 2.91. The molecule has 1 heterocycles. The summed E-state index contributed by atoms with van der Waals surface area (Å²) in [4.78, 5) is 16.5. The molecule has 3 rings (SSSR count). The Morgan fingerprint density at radius 2 is 2.11 bits per heavy atom. The lowest BCUT2D eigenvalue weighted by Crippen LogP contribution is -2.29. The van der Waals surface area contributed by atoms with Gasteiger partial charge in [-0.25, -0.2) is 0 Å². The number of ether oxygens (including phenoxy) is 1. The third kappa shape index (κ3) is 5.21. The summed E-state index contributed by atoms with van der Waals surface area (Å²) in [6.45, 7) is 2.46. The molecule has 0 bridgehead atoms. The number of nitrogens with one attached hydrogen (secondary N) is 1. The standard InChI is InChI=1S/C20H21F3N2O2/c1-12-4-3-5-14(8-12)16-9-17(16)19(26)25-13(2)18-7-6-15(10-24-18)27-11-20(21,22)23/h3-8,10,13,16-17H,9,11H2,1-2H3,(H,25,26)/t13?,16-,17+/m0/s1. The van der Waals surface area contributed by atoms with Crippen molar-refractivity contribution in [2.45, 2.75) is 38.4 Å². The van der Waals surface area contributed by atoms with E-state index in [1.165, 1.54) is 23.4 Å². The molecular formula is C20H21F3N2O2. The summed E-state index contributed by atoms with van der Waals surface area (Å²) in [6.07, 6.45) is -2.34. The van der Waals surface area contributed by atoms with Crippen molar-refractivity contribution >= 4 is 5.91 Å². The van der Waals surface area contributed by atoms with E-state index in [2.05, 4.69) is 21.1 Å². The number of hydrogen-bond acceptors (Lipinski definition) is 3. The van der Waals surface area contributed by atoms with Crippen LogP contribution >= 0.6 is 0 Å². The molecule has 27 heavy (non-hydrogen) atoms. The Bertz CT molecular complexity index is 806. The molecule has 1 N–H and O–H groups in total. The van der Waals surface area contributed by atoms with Gasteiger partial charge in [0.25, 0.3) is 0 Å². The molecule has 1 aliphatic rings. The zero-order valence-electron chi connectivity index (χ0n) is 15.1. The Morgan fingerprint density at radius 1 is 1.33 bits per heavy atom. The van der Waals surface area contributed by atoms with E-state index in [-0.39, 0.29) is 29.5 Å². The third-order valence-electron chi connectivity index (χ3n) is 4.56. The van der Waals surface area contributed by atoms with Gasteiger partial charge < -0.3 is 10.1 Å². The molecule has 1 aliphatic carbocycles. The minimum Gasteiger partial charge on any atom is -0.483 e. The molecule has 1 amide bonds. The fraction of sp³-hybridized carbons (Fsp3) is 0.400. The first-order valence-corrected chi connectivity index (χ1v) is 8.75. The molecule has 0 saturated heterocycles. The predicted molar refractivity (Wildman–Crippen MR) is 94.4 cm³/mol. The molecule has 0 aliphatic heterocycles. The van der Waals surface area contributed by atoms with Crippen molar-refractivity contribution in [3.63, 3.8) is 0 Å². The van der Waals surface area contributed by atoms with E-state index < -0.39 is 12.8 Å². The van der Waals surface area contributed by atoms with Crippen LogP contribution in [0.25, 0.3) is 0 Å². The van der Waals surface area contributed by atoms with Crippen LogP contribution < -0.4 is 10.1 Å². The largest absolute Gasteiger partial charge is 0.483 e. The van der Waals surface area contributed by atoms with Gasteiger partial charge >= 0.3 is 6.18 Å². The normalized spacial score (nSPS) is 20.0. The highest BCUT2D eigenvalue weighted by molar-refractivity contribution is 5.83. The second kappa shape index (κ2) is 7.58. The van der Waals surface area contributed by atoms with E-state index in [0.29, 0.717) is 5.69 Å². The Morgan fingerprint density at radius 3 is 2.74 bits per heavy atom. The molecule has 1 aromatic heterocycles. The molecule has 0 radical (unpaired) electrons. The Labute approximate surface area is 155 Å². The van der Waals surface area contributed by atoms with Crippen molar-refractivity contribution in [3.05, 3.63) is 59.4 Å². The zero-order valence-corrected chi connectivity index (χ0v) is 15.1. The van der Waals surface area contributed by atoms with E-state index >= 15 is 0 Å². The number of rotatable bonds is 6. The van der Waals surface area contributed by atoms with Crippen molar-refractivity contribution < 1.29 is 22.7 Å². The first-order chi connectivity index (χ1) is 12.7. The van der Waals surface area contributed by atoms with E-state index in [1.54, 1.807) is 13.0 Å². The molecular weight excluding hydrogens is 357 g/mol. The van der Waals surface area contributed by atoms with Gasteiger partial charge in [-0.1, -0.05) is 29.8 Å². The van der Waals surface area contributed by atoms with Crippen molar-refractivity contribution in [1.82, 2.24) is 10.3 Å². The molecule has 0 spiro atoms. The van der Waals surface area contributed by atoms with E-state index in [0.717, 1.165) is 6.42 Å². The number of carbonyl (C=O) groups is 1. The summed E-state index contributed by atoms with van der Waals surface area (Å²) < 4.78 is 41.1. The second-order valence-corrected chi connectivity index (χ2v) is 6.92. The highest BCUT2D eigenvalue weighted by Gasteiger charge is 2.44. The van der Waals surface area contributed by atoms with Gasteiger partial charge in [0, 0.05) is 5.92 Å². The van der Waals surface area contributed by atoms with E-state index in [9.17, 15) is 18.0 Å². The summed E-state index contributed by atoms with van der Waals surface area (Å²) in [7, 11) is 0.